The lowest BCUT2D eigenvalue weighted by Crippen LogP contribution is -2.37. The van der Waals surface area contributed by atoms with Crippen LogP contribution in [0, 0.1) is 23.5 Å². The maximum atomic E-state index is 13.6. The topological polar surface area (TPSA) is 55.4 Å². The van der Waals surface area contributed by atoms with Crippen molar-refractivity contribution in [3.8, 4) is 0 Å². The maximum absolute atomic E-state index is 13.6. The number of benzene rings is 1. The molecule has 2 atom stereocenters. The van der Waals surface area contributed by atoms with E-state index in [4.69, 9.17) is 4.74 Å². The third-order valence-corrected chi connectivity index (χ3v) is 4.11. The molecule has 2 rings (SSSR count). The molecule has 0 heterocycles. The highest BCUT2D eigenvalue weighted by Gasteiger charge is 2.32. The molecule has 2 unspecified atom stereocenters. The fourth-order valence-corrected chi connectivity index (χ4v) is 2.91. The second-order valence-electron chi connectivity index (χ2n) is 5.51. The normalized spacial score (nSPS) is 21.2. The van der Waals surface area contributed by atoms with Gasteiger partial charge in [0, 0.05) is 12.6 Å². The zero-order valence-electron chi connectivity index (χ0n) is 12.4. The molecule has 1 aromatic rings. The molecule has 1 aromatic carbocycles. The number of carbonyl (C=O) groups is 2. The zero-order valence-corrected chi connectivity index (χ0v) is 12.4. The van der Waals surface area contributed by atoms with Gasteiger partial charge in [-0.05, 0) is 30.9 Å². The summed E-state index contributed by atoms with van der Waals surface area (Å²) in [6.07, 6.45) is 3.49. The lowest BCUT2D eigenvalue weighted by atomic mass is 9.79. The van der Waals surface area contributed by atoms with Crippen molar-refractivity contribution in [3.63, 3.8) is 0 Å². The molecule has 6 heteroatoms. The van der Waals surface area contributed by atoms with Crippen molar-refractivity contribution in [1.29, 1.82) is 0 Å². The minimum atomic E-state index is -0.898. The van der Waals surface area contributed by atoms with Crippen LogP contribution in [0.3, 0.4) is 0 Å². The van der Waals surface area contributed by atoms with E-state index in [-0.39, 0.29) is 29.9 Å². The first-order valence-electron chi connectivity index (χ1n) is 7.34. The van der Waals surface area contributed by atoms with E-state index >= 15 is 0 Å². The predicted molar refractivity (Wildman–Crippen MR) is 76.2 cm³/mol. The molecule has 1 aliphatic carbocycles. The predicted octanol–water partition coefficient (Wildman–Crippen LogP) is 2.67. The summed E-state index contributed by atoms with van der Waals surface area (Å²) in [4.78, 5) is 23.7. The number of hydrogen-bond acceptors (Lipinski definition) is 3. The highest BCUT2D eigenvalue weighted by atomic mass is 19.1. The first-order valence-corrected chi connectivity index (χ1v) is 7.34. The summed E-state index contributed by atoms with van der Waals surface area (Å²) in [6, 6.07) is 2.82. The molecule has 0 radical (unpaired) electrons. The van der Waals surface area contributed by atoms with Crippen LogP contribution in [0.5, 0.6) is 0 Å². The minimum Gasteiger partial charge on any atom is -0.469 e. The van der Waals surface area contributed by atoms with Crippen molar-refractivity contribution in [3.05, 3.63) is 35.4 Å². The molecule has 120 valence electrons. The van der Waals surface area contributed by atoms with Crippen LogP contribution in [0.4, 0.5) is 8.78 Å². The van der Waals surface area contributed by atoms with Gasteiger partial charge in [-0.25, -0.2) is 8.78 Å². The Hall–Kier alpha value is -1.98. The molecular weight excluding hydrogens is 292 g/mol. The Labute approximate surface area is 127 Å². The average molecular weight is 311 g/mol. The van der Waals surface area contributed by atoms with Crippen LogP contribution in [0.25, 0.3) is 0 Å². The molecule has 0 bridgehead atoms. The number of rotatable bonds is 4. The number of methoxy groups -OCH3 is 1. The second-order valence-corrected chi connectivity index (χ2v) is 5.51. The van der Waals surface area contributed by atoms with Crippen LogP contribution in [-0.2, 0) is 9.53 Å². The number of halogens is 2. The van der Waals surface area contributed by atoms with E-state index in [2.05, 4.69) is 5.32 Å². The van der Waals surface area contributed by atoms with E-state index in [0.29, 0.717) is 6.07 Å². The number of nitrogens with one attached hydrogen (secondary N) is 1. The van der Waals surface area contributed by atoms with Crippen LogP contribution in [0.2, 0.25) is 0 Å². The molecule has 0 spiro atoms. The fourth-order valence-electron chi connectivity index (χ4n) is 2.91. The SMILES string of the molecule is COC(=O)C1CCCCC1CNC(=O)c1ccc(F)cc1F. The minimum absolute atomic E-state index is 0.0198. The van der Waals surface area contributed by atoms with E-state index in [1.54, 1.807) is 0 Å². The molecule has 1 fully saturated rings. The molecule has 0 aliphatic heterocycles. The van der Waals surface area contributed by atoms with Crippen molar-refractivity contribution in [2.45, 2.75) is 25.7 Å². The van der Waals surface area contributed by atoms with E-state index in [9.17, 15) is 18.4 Å². The van der Waals surface area contributed by atoms with Gasteiger partial charge >= 0.3 is 5.97 Å². The Bertz CT molecular complexity index is 562. The number of ether oxygens (including phenoxy) is 1. The van der Waals surface area contributed by atoms with Crippen molar-refractivity contribution in [1.82, 2.24) is 5.32 Å². The van der Waals surface area contributed by atoms with Gasteiger partial charge in [-0.1, -0.05) is 12.8 Å². The summed E-state index contributed by atoms with van der Waals surface area (Å²) in [5.74, 6) is -2.76. The number of carbonyl (C=O) groups excluding carboxylic acids is 2. The number of esters is 1. The summed E-state index contributed by atoms with van der Waals surface area (Å²) in [5.41, 5.74) is -0.202. The van der Waals surface area contributed by atoms with Gasteiger partial charge in [-0.3, -0.25) is 9.59 Å². The molecule has 0 aromatic heterocycles. The summed E-state index contributed by atoms with van der Waals surface area (Å²) in [6.45, 7) is 0.273. The fraction of sp³-hybridized carbons (Fsp3) is 0.500. The highest BCUT2D eigenvalue weighted by molar-refractivity contribution is 5.94. The molecule has 0 saturated heterocycles. The summed E-state index contributed by atoms with van der Waals surface area (Å²) < 4.78 is 31.2. The number of amides is 1. The Morgan fingerprint density at radius 2 is 2.00 bits per heavy atom. The summed E-state index contributed by atoms with van der Waals surface area (Å²) in [7, 11) is 1.35. The van der Waals surface area contributed by atoms with Crippen molar-refractivity contribution >= 4 is 11.9 Å². The summed E-state index contributed by atoms with van der Waals surface area (Å²) in [5, 5.41) is 2.63. The molecule has 1 saturated carbocycles. The van der Waals surface area contributed by atoms with Gasteiger partial charge in [0.15, 0.2) is 0 Å². The lowest BCUT2D eigenvalue weighted by Gasteiger charge is -2.29. The standard InChI is InChI=1S/C16H19F2NO3/c1-22-16(21)12-5-3-2-4-10(12)9-19-15(20)13-7-6-11(17)8-14(13)18/h6-8,10,12H,2-5,9H2,1H3,(H,19,20). The van der Waals surface area contributed by atoms with Gasteiger partial charge in [0.05, 0.1) is 18.6 Å². The molecule has 1 aliphatic rings. The van der Waals surface area contributed by atoms with Gasteiger partial charge in [-0.15, -0.1) is 0 Å². The summed E-state index contributed by atoms with van der Waals surface area (Å²) >= 11 is 0. The van der Waals surface area contributed by atoms with Crippen molar-refractivity contribution in [2.75, 3.05) is 13.7 Å². The highest BCUT2D eigenvalue weighted by Crippen LogP contribution is 2.30. The van der Waals surface area contributed by atoms with Gasteiger partial charge in [0.1, 0.15) is 11.6 Å². The van der Waals surface area contributed by atoms with Crippen LogP contribution in [0.1, 0.15) is 36.0 Å². The van der Waals surface area contributed by atoms with Crippen molar-refractivity contribution < 1.29 is 23.1 Å². The van der Waals surface area contributed by atoms with Crippen LogP contribution in [0.15, 0.2) is 18.2 Å². The van der Waals surface area contributed by atoms with E-state index in [0.717, 1.165) is 37.8 Å². The average Bonchev–Trinajstić information content (AvgIpc) is 2.52. The van der Waals surface area contributed by atoms with Gasteiger partial charge in [0.2, 0.25) is 0 Å². The first-order chi connectivity index (χ1) is 10.5. The van der Waals surface area contributed by atoms with Gasteiger partial charge < -0.3 is 10.1 Å². The largest absolute Gasteiger partial charge is 0.469 e. The quantitative estimate of drug-likeness (QED) is 0.870. The van der Waals surface area contributed by atoms with Crippen LogP contribution < -0.4 is 5.32 Å². The zero-order chi connectivity index (χ0) is 16.1. The van der Waals surface area contributed by atoms with E-state index in [1.807, 2.05) is 0 Å². The van der Waals surface area contributed by atoms with E-state index < -0.39 is 17.5 Å². The molecular formula is C16H19F2NO3. The van der Waals surface area contributed by atoms with Crippen LogP contribution >= 0.6 is 0 Å². The Balaban J connectivity index is 1.98. The molecule has 22 heavy (non-hydrogen) atoms. The Kier molecular flexibility index (Phi) is 5.46. The smallest absolute Gasteiger partial charge is 0.309 e. The molecule has 1 N–H and O–H groups in total. The van der Waals surface area contributed by atoms with Gasteiger partial charge in [-0.2, -0.15) is 0 Å². The van der Waals surface area contributed by atoms with E-state index in [1.165, 1.54) is 7.11 Å². The van der Waals surface area contributed by atoms with Gasteiger partial charge in [0.25, 0.3) is 5.91 Å². The maximum Gasteiger partial charge on any atom is 0.309 e. The lowest BCUT2D eigenvalue weighted by molar-refractivity contribution is -0.148. The second kappa shape index (κ2) is 7.33. The molecule has 1 amide bonds. The third kappa shape index (κ3) is 3.81. The molecule has 4 nitrogen and oxygen atoms in total. The Morgan fingerprint density at radius 3 is 2.68 bits per heavy atom. The van der Waals surface area contributed by atoms with Crippen molar-refractivity contribution in [2.24, 2.45) is 11.8 Å². The third-order valence-electron chi connectivity index (χ3n) is 4.11. The number of hydrogen-bond donors (Lipinski definition) is 1. The Morgan fingerprint density at radius 1 is 1.27 bits per heavy atom. The monoisotopic (exact) mass is 311 g/mol. The first kappa shape index (κ1) is 16.4. The van der Waals surface area contributed by atoms with Crippen LogP contribution in [-0.4, -0.2) is 25.5 Å².